The summed E-state index contributed by atoms with van der Waals surface area (Å²) in [6.45, 7) is 0.745. The van der Waals surface area contributed by atoms with Gasteiger partial charge in [0.05, 0.1) is 12.0 Å². The molecule has 9 nitrogen and oxygen atoms in total. The number of halogens is 1. The van der Waals surface area contributed by atoms with Gasteiger partial charge < -0.3 is 25.5 Å². The molecule has 4 N–H and O–H groups in total. The maximum absolute atomic E-state index is 12.7. The Morgan fingerprint density at radius 2 is 2.03 bits per heavy atom. The number of thiophene rings is 1. The summed E-state index contributed by atoms with van der Waals surface area (Å²) in [4.78, 5) is 44.5. The molecule has 35 heavy (non-hydrogen) atoms. The fourth-order valence-corrected chi connectivity index (χ4v) is 5.42. The maximum atomic E-state index is 12.7. The Morgan fingerprint density at radius 1 is 1.23 bits per heavy atom. The van der Waals surface area contributed by atoms with Crippen molar-refractivity contribution < 1.29 is 19.4 Å². The molecule has 0 radical (unpaired) electrons. The summed E-state index contributed by atoms with van der Waals surface area (Å²) in [7, 11) is 0. The molecule has 0 spiro atoms. The van der Waals surface area contributed by atoms with Gasteiger partial charge in [0.25, 0.3) is 11.5 Å². The van der Waals surface area contributed by atoms with Crippen molar-refractivity contribution in [3.8, 4) is 0 Å². The number of amides is 2. The van der Waals surface area contributed by atoms with Crippen LogP contribution in [0.4, 0.5) is 0 Å². The quantitative estimate of drug-likeness (QED) is 0.322. The minimum atomic E-state index is -0.474. The van der Waals surface area contributed by atoms with E-state index in [4.69, 9.17) is 21.4 Å². The van der Waals surface area contributed by atoms with E-state index >= 15 is 0 Å². The molecule has 2 aromatic heterocycles. The summed E-state index contributed by atoms with van der Waals surface area (Å²) in [5.41, 5.74) is 1.20. The lowest BCUT2D eigenvalue weighted by molar-refractivity contribution is -0.127. The zero-order valence-electron chi connectivity index (χ0n) is 19.0. The monoisotopic (exact) mass is 518 g/mol. The number of carbonyl (C=O) groups excluding carboxylic acids is 2. The van der Waals surface area contributed by atoms with Crippen LogP contribution in [0.3, 0.4) is 0 Å². The molecule has 2 amide bonds. The van der Waals surface area contributed by atoms with Gasteiger partial charge in [-0.3, -0.25) is 14.4 Å². The first kappa shape index (κ1) is 25.3. The van der Waals surface area contributed by atoms with Crippen LogP contribution in [0.1, 0.15) is 47.4 Å². The molecule has 0 unspecified atom stereocenters. The predicted molar refractivity (Wildman–Crippen MR) is 133 cm³/mol. The van der Waals surface area contributed by atoms with Crippen LogP contribution in [-0.2, 0) is 22.7 Å². The van der Waals surface area contributed by atoms with Gasteiger partial charge in [0.1, 0.15) is 11.6 Å². The van der Waals surface area contributed by atoms with Crippen molar-refractivity contribution in [1.82, 2.24) is 20.6 Å². The molecular formula is C24H27ClN4O5S. The molecule has 1 aliphatic rings. The second kappa shape index (κ2) is 11.8. The van der Waals surface area contributed by atoms with Crippen molar-refractivity contribution >= 4 is 45.0 Å². The Balaban J connectivity index is 1.31. The minimum absolute atomic E-state index is 0.0409. The Labute approximate surface area is 210 Å². The Morgan fingerprint density at radius 3 is 2.77 bits per heavy atom. The Hall–Kier alpha value is -2.79. The van der Waals surface area contributed by atoms with E-state index in [-0.39, 0.29) is 43.1 Å². The first-order chi connectivity index (χ1) is 16.9. The standard InChI is InChI=1S/C24H27ClN4O5S/c25-18-3-1-2-15(8-18)9-26-23(33)20-28-22(32)19-17(12-35-24(19)29-20)11-34-10-14-4-6-16(7-5-14)21(31)27-13-30/h1-3,8,12,14,16,30H,4-7,9-11,13H2,(H,26,33)(H,27,31)(H,28,29,32). The van der Waals surface area contributed by atoms with Crippen LogP contribution in [0, 0.1) is 11.8 Å². The molecule has 0 bridgehead atoms. The normalized spacial score (nSPS) is 17.9. The lowest BCUT2D eigenvalue weighted by atomic mass is 9.82. The average molecular weight is 519 g/mol. The SMILES string of the molecule is O=C(NCc1cccc(Cl)c1)c1nc2scc(COCC3CCC(C(=O)NCO)CC3)c2c(=O)[nH]1. The number of nitrogens with zero attached hydrogens (tertiary/aromatic N) is 1. The number of hydrogen-bond acceptors (Lipinski definition) is 7. The van der Waals surface area contributed by atoms with Crippen molar-refractivity contribution in [3.05, 3.63) is 62.0 Å². The van der Waals surface area contributed by atoms with Crippen molar-refractivity contribution in [2.45, 2.75) is 38.8 Å². The zero-order valence-corrected chi connectivity index (χ0v) is 20.6. The van der Waals surface area contributed by atoms with Crippen LogP contribution < -0.4 is 16.2 Å². The van der Waals surface area contributed by atoms with E-state index in [0.29, 0.717) is 27.8 Å². The van der Waals surface area contributed by atoms with Gasteiger partial charge in [0.15, 0.2) is 0 Å². The van der Waals surface area contributed by atoms with Crippen LogP contribution in [0.5, 0.6) is 0 Å². The molecule has 186 valence electrons. The van der Waals surface area contributed by atoms with Crippen LogP contribution in [0.25, 0.3) is 10.2 Å². The zero-order chi connectivity index (χ0) is 24.8. The topological polar surface area (TPSA) is 133 Å². The van der Waals surface area contributed by atoms with E-state index in [1.54, 1.807) is 18.2 Å². The fraction of sp³-hybridized carbons (Fsp3) is 0.417. The molecule has 1 aromatic carbocycles. The molecule has 0 saturated heterocycles. The van der Waals surface area contributed by atoms with Gasteiger partial charge in [0, 0.05) is 29.7 Å². The number of aliphatic hydroxyl groups excluding tert-OH is 1. The van der Waals surface area contributed by atoms with Gasteiger partial charge in [0.2, 0.25) is 11.7 Å². The first-order valence-corrected chi connectivity index (χ1v) is 12.7. The van der Waals surface area contributed by atoms with Crippen molar-refractivity contribution in [2.75, 3.05) is 13.3 Å². The largest absolute Gasteiger partial charge is 0.377 e. The molecule has 0 aliphatic heterocycles. The van der Waals surface area contributed by atoms with E-state index < -0.39 is 5.91 Å². The van der Waals surface area contributed by atoms with Crippen LogP contribution >= 0.6 is 22.9 Å². The number of fused-ring (bicyclic) bond motifs is 1. The molecule has 11 heteroatoms. The van der Waals surface area contributed by atoms with E-state index in [1.165, 1.54) is 11.3 Å². The number of benzene rings is 1. The van der Waals surface area contributed by atoms with Crippen LogP contribution in [0.15, 0.2) is 34.4 Å². The van der Waals surface area contributed by atoms with Crippen LogP contribution in [-0.4, -0.2) is 40.2 Å². The number of rotatable bonds is 9. The second-order valence-electron chi connectivity index (χ2n) is 8.60. The fourth-order valence-electron chi connectivity index (χ4n) is 4.28. The summed E-state index contributed by atoms with van der Waals surface area (Å²) >= 11 is 7.27. The third-order valence-corrected chi connectivity index (χ3v) is 7.32. The molecule has 4 rings (SSSR count). The lowest BCUT2D eigenvalue weighted by Gasteiger charge is -2.27. The van der Waals surface area contributed by atoms with E-state index in [9.17, 15) is 14.4 Å². The summed E-state index contributed by atoms with van der Waals surface area (Å²) in [5.74, 6) is -0.315. The number of aromatic amines is 1. The van der Waals surface area contributed by atoms with E-state index in [2.05, 4.69) is 20.6 Å². The van der Waals surface area contributed by atoms with Gasteiger partial charge in [-0.1, -0.05) is 23.7 Å². The van der Waals surface area contributed by atoms with E-state index in [1.807, 2.05) is 11.4 Å². The predicted octanol–water partition coefficient (Wildman–Crippen LogP) is 2.96. The molecule has 1 saturated carbocycles. The molecule has 2 heterocycles. The van der Waals surface area contributed by atoms with Gasteiger partial charge in [-0.15, -0.1) is 11.3 Å². The summed E-state index contributed by atoms with van der Waals surface area (Å²) in [5, 5.41) is 16.9. The third-order valence-electron chi connectivity index (χ3n) is 6.16. The number of aromatic nitrogens is 2. The third kappa shape index (κ3) is 6.46. The van der Waals surface area contributed by atoms with Gasteiger partial charge in [-0.25, -0.2) is 4.98 Å². The summed E-state index contributed by atoms with van der Waals surface area (Å²) < 4.78 is 5.89. The molecule has 0 atom stereocenters. The van der Waals surface area contributed by atoms with Crippen molar-refractivity contribution in [2.24, 2.45) is 11.8 Å². The number of carbonyl (C=O) groups is 2. The number of ether oxygens (including phenoxy) is 1. The highest BCUT2D eigenvalue weighted by atomic mass is 35.5. The molecular weight excluding hydrogens is 492 g/mol. The average Bonchev–Trinajstić information content (AvgIpc) is 3.26. The molecule has 3 aromatic rings. The highest BCUT2D eigenvalue weighted by Crippen LogP contribution is 2.30. The number of aliphatic hydroxyl groups is 1. The molecule has 1 fully saturated rings. The minimum Gasteiger partial charge on any atom is -0.377 e. The summed E-state index contributed by atoms with van der Waals surface area (Å²) in [6, 6.07) is 7.15. The van der Waals surface area contributed by atoms with Gasteiger partial charge in [-0.2, -0.15) is 0 Å². The first-order valence-electron chi connectivity index (χ1n) is 11.4. The Kier molecular flexibility index (Phi) is 8.50. The van der Waals surface area contributed by atoms with Crippen molar-refractivity contribution in [1.29, 1.82) is 0 Å². The number of nitrogens with one attached hydrogen (secondary N) is 3. The van der Waals surface area contributed by atoms with E-state index in [0.717, 1.165) is 36.8 Å². The van der Waals surface area contributed by atoms with Gasteiger partial charge >= 0.3 is 0 Å². The molecule has 1 aliphatic carbocycles. The number of hydrogen-bond donors (Lipinski definition) is 4. The Bertz CT molecular complexity index is 1250. The second-order valence-corrected chi connectivity index (χ2v) is 9.89. The summed E-state index contributed by atoms with van der Waals surface area (Å²) in [6.07, 6.45) is 3.30. The highest BCUT2D eigenvalue weighted by Gasteiger charge is 2.26. The lowest BCUT2D eigenvalue weighted by Crippen LogP contribution is -2.34. The highest BCUT2D eigenvalue weighted by molar-refractivity contribution is 7.16. The number of H-pyrrole nitrogens is 1. The van der Waals surface area contributed by atoms with Crippen LogP contribution in [0.2, 0.25) is 5.02 Å². The van der Waals surface area contributed by atoms with Crippen molar-refractivity contribution in [3.63, 3.8) is 0 Å². The maximum Gasteiger partial charge on any atom is 0.287 e. The van der Waals surface area contributed by atoms with Gasteiger partial charge in [-0.05, 0) is 54.7 Å². The smallest absolute Gasteiger partial charge is 0.287 e.